The van der Waals surface area contributed by atoms with Crippen LogP contribution in [0.5, 0.6) is 0 Å². The lowest BCUT2D eigenvalue weighted by Gasteiger charge is -2.29. The number of amides is 3. The maximum absolute atomic E-state index is 13.8. The molecule has 1 saturated heterocycles. The molecule has 2 aliphatic heterocycles. The summed E-state index contributed by atoms with van der Waals surface area (Å²) in [5.74, 6) is -1.13. The van der Waals surface area contributed by atoms with Crippen molar-refractivity contribution >= 4 is 17.7 Å². The summed E-state index contributed by atoms with van der Waals surface area (Å²) in [7, 11) is 0. The van der Waals surface area contributed by atoms with Gasteiger partial charge in [-0.3, -0.25) is 19.7 Å². The molecule has 2 fully saturated rings. The van der Waals surface area contributed by atoms with Crippen LogP contribution in [0.3, 0.4) is 0 Å². The first-order valence-corrected chi connectivity index (χ1v) is 7.51. The van der Waals surface area contributed by atoms with Gasteiger partial charge in [-0.15, -0.1) is 0 Å². The molecule has 1 atom stereocenters. The number of hydrogen-bond acceptors (Lipinski definition) is 3. The average molecular weight is 302 g/mol. The number of carbonyl (C=O) groups excluding carboxylic acids is 3. The van der Waals surface area contributed by atoms with E-state index in [0.717, 1.165) is 24.0 Å². The van der Waals surface area contributed by atoms with E-state index in [-0.39, 0.29) is 18.2 Å². The van der Waals surface area contributed by atoms with E-state index < -0.39 is 17.8 Å². The van der Waals surface area contributed by atoms with Crippen molar-refractivity contribution in [1.29, 1.82) is 0 Å². The van der Waals surface area contributed by atoms with Gasteiger partial charge in [0, 0.05) is 18.5 Å². The zero-order valence-corrected chi connectivity index (χ0v) is 11.9. The molecular formula is C16H15FN2O3. The monoisotopic (exact) mass is 302 g/mol. The molecule has 0 spiro atoms. The third-order valence-electron chi connectivity index (χ3n) is 4.67. The number of hydrogen-bond donors (Lipinski definition) is 1. The smallest absolute Gasteiger partial charge is 0.255 e. The van der Waals surface area contributed by atoms with Gasteiger partial charge in [-0.1, -0.05) is 0 Å². The average Bonchev–Trinajstić information content (AvgIpc) is 3.25. The number of carbonyl (C=O) groups is 3. The highest BCUT2D eigenvalue weighted by molar-refractivity contribution is 6.05. The molecular weight excluding hydrogens is 287 g/mol. The van der Waals surface area contributed by atoms with Crippen molar-refractivity contribution in [1.82, 2.24) is 10.2 Å². The lowest BCUT2D eigenvalue weighted by molar-refractivity contribution is -0.136. The van der Waals surface area contributed by atoms with E-state index in [2.05, 4.69) is 5.32 Å². The van der Waals surface area contributed by atoms with Gasteiger partial charge < -0.3 is 4.90 Å². The number of piperidine rings is 1. The van der Waals surface area contributed by atoms with Crippen LogP contribution in [-0.2, 0) is 16.1 Å². The Bertz CT molecular complexity index is 712. The molecule has 114 valence electrons. The largest absolute Gasteiger partial charge is 0.322 e. The van der Waals surface area contributed by atoms with Gasteiger partial charge in [0.05, 0.1) is 0 Å². The van der Waals surface area contributed by atoms with Gasteiger partial charge in [-0.2, -0.15) is 0 Å². The lowest BCUT2D eigenvalue weighted by Crippen LogP contribution is -2.52. The van der Waals surface area contributed by atoms with Crippen LogP contribution in [0.15, 0.2) is 12.1 Å². The summed E-state index contributed by atoms with van der Waals surface area (Å²) >= 11 is 0. The predicted octanol–water partition coefficient (Wildman–Crippen LogP) is 1.46. The number of nitrogens with one attached hydrogen (secondary N) is 1. The normalized spacial score (nSPS) is 24.5. The van der Waals surface area contributed by atoms with E-state index in [9.17, 15) is 18.8 Å². The molecule has 1 N–H and O–H groups in total. The number of rotatable bonds is 2. The maximum atomic E-state index is 13.8. The molecule has 22 heavy (non-hydrogen) atoms. The fraction of sp³-hybridized carbons (Fsp3) is 0.438. The second-order valence-electron chi connectivity index (χ2n) is 6.20. The van der Waals surface area contributed by atoms with Gasteiger partial charge in [0.15, 0.2) is 0 Å². The van der Waals surface area contributed by atoms with E-state index in [1.54, 1.807) is 0 Å². The fourth-order valence-electron chi connectivity index (χ4n) is 3.41. The minimum absolute atomic E-state index is 0.223. The predicted molar refractivity (Wildman–Crippen MR) is 74.4 cm³/mol. The minimum atomic E-state index is -0.646. The molecule has 4 rings (SSSR count). The summed E-state index contributed by atoms with van der Waals surface area (Å²) in [6.07, 6.45) is 2.58. The molecule has 1 aromatic rings. The molecule has 5 nitrogen and oxygen atoms in total. The van der Waals surface area contributed by atoms with E-state index >= 15 is 0 Å². The molecule has 0 radical (unpaired) electrons. The third kappa shape index (κ3) is 2.01. The van der Waals surface area contributed by atoms with Crippen molar-refractivity contribution in [2.24, 2.45) is 0 Å². The molecule has 0 bridgehead atoms. The van der Waals surface area contributed by atoms with Crippen molar-refractivity contribution in [2.45, 2.75) is 44.2 Å². The second kappa shape index (κ2) is 4.63. The summed E-state index contributed by atoms with van der Waals surface area (Å²) in [6.45, 7) is 0.326. The van der Waals surface area contributed by atoms with Crippen LogP contribution < -0.4 is 5.32 Å². The Labute approximate surface area is 126 Å². The Hall–Kier alpha value is -2.24. The standard InChI is InChI=1S/C16H15FN2O3/c17-9-5-10(8-1-2-8)12-7-19(16(22)11(12)6-9)13-3-4-14(20)18-15(13)21/h5-6,8,13H,1-4,7H2,(H,18,20,21). The summed E-state index contributed by atoms with van der Waals surface area (Å²) in [5, 5.41) is 2.27. The van der Waals surface area contributed by atoms with Crippen LogP contribution in [0, 0.1) is 5.82 Å². The molecule has 1 saturated carbocycles. The van der Waals surface area contributed by atoms with Gasteiger partial charge in [0.25, 0.3) is 5.91 Å². The number of imide groups is 1. The topological polar surface area (TPSA) is 66.5 Å². The van der Waals surface area contributed by atoms with Crippen molar-refractivity contribution in [2.75, 3.05) is 0 Å². The highest BCUT2D eigenvalue weighted by atomic mass is 19.1. The number of fused-ring (bicyclic) bond motifs is 1. The van der Waals surface area contributed by atoms with Crippen molar-refractivity contribution in [3.63, 3.8) is 0 Å². The minimum Gasteiger partial charge on any atom is -0.322 e. The van der Waals surface area contributed by atoms with E-state index in [1.165, 1.54) is 17.0 Å². The SMILES string of the molecule is O=C1CCC(N2Cc3c(cc(F)cc3C3CC3)C2=O)C(=O)N1. The number of benzene rings is 1. The Morgan fingerprint density at radius 3 is 2.59 bits per heavy atom. The van der Waals surface area contributed by atoms with Gasteiger partial charge in [0.1, 0.15) is 11.9 Å². The Balaban J connectivity index is 1.68. The second-order valence-corrected chi connectivity index (χ2v) is 6.20. The summed E-state index contributed by atoms with van der Waals surface area (Å²) in [6, 6.07) is 2.13. The van der Waals surface area contributed by atoms with Crippen LogP contribution in [0.4, 0.5) is 4.39 Å². The quantitative estimate of drug-likeness (QED) is 0.841. The molecule has 1 aliphatic carbocycles. The molecule has 1 unspecified atom stereocenters. The molecule has 2 heterocycles. The summed E-state index contributed by atoms with van der Waals surface area (Å²) in [4.78, 5) is 37.3. The van der Waals surface area contributed by atoms with Crippen LogP contribution >= 0.6 is 0 Å². The first-order valence-electron chi connectivity index (χ1n) is 7.51. The van der Waals surface area contributed by atoms with Gasteiger partial charge >= 0.3 is 0 Å². The van der Waals surface area contributed by atoms with E-state index in [0.29, 0.717) is 24.4 Å². The van der Waals surface area contributed by atoms with Crippen molar-refractivity contribution in [3.8, 4) is 0 Å². The maximum Gasteiger partial charge on any atom is 0.255 e. The molecule has 1 aromatic carbocycles. The fourth-order valence-corrected chi connectivity index (χ4v) is 3.41. The first kappa shape index (κ1) is 13.4. The summed E-state index contributed by atoms with van der Waals surface area (Å²) < 4.78 is 13.8. The van der Waals surface area contributed by atoms with Crippen molar-refractivity contribution < 1.29 is 18.8 Å². The van der Waals surface area contributed by atoms with Crippen LogP contribution in [-0.4, -0.2) is 28.7 Å². The third-order valence-corrected chi connectivity index (χ3v) is 4.67. The zero-order valence-electron chi connectivity index (χ0n) is 11.9. The molecule has 3 amide bonds. The Kier molecular flexibility index (Phi) is 2.82. The summed E-state index contributed by atoms with van der Waals surface area (Å²) in [5.41, 5.74) is 2.11. The van der Waals surface area contributed by atoms with Crippen LogP contribution in [0.25, 0.3) is 0 Å². The van der Waals surface area contributed by atoms with Crippen LogP contribution in [0.1, 0.15) is 53.1 Å². The number of halogens is 1. The van der Waals surface area contributed by atoms with E-state index in [4.69, 9.17) is 0 Å². The number of nitrogens with zero attached hydrogens (tertiary/aromatic N) is 1. The van der Waals surface area contributed by atoms with E-state index in [1.807, 2.05) is 0 Å². The van der Waals surface area contributed by atoms with Gasteiger partial charge in [-0.05, 0) is 48.4 Å². The lowest BCUT2D eigenvalue weighted by atomic mass is 9.99. The Morgan fingerprint density at radius 1 is 1.14 bits per heavy atom. The first-order chi connectivity index (χ1) is 10.5. The van der Waals surface area contributed by atoms with Crippen molar-refractivity contribution in [3.05, 3.63) is 34.6 Å². The zero-order chi connectivity index (χ0) is 15.4. The van der Waals surface area contributed by atoms with Gasteiger partial charge in [-0.25, -0.2) is 4.39 Å². The van der Waals surface area contributed by atoms with Gasteiger partial charge in [0.2, 0.25) is 11.8 Å². The molecule has 0 aromatic heterocycles. The Morgan fingerprint density at radius 2 is 1.91 bits per heavy atom. The van der Waals surface area contributed by atoms with Crippen LogP contribution in [0.2, 0.25) is 0 Å². The highest BCUT2D eigenvalue weighted by Gasteiger charge is 2.41. The molecule has 6 heteroatoms. The highest BCUT2D eigenvalue weighted by Crippen LogP contribution is 2.44. The molecule has 3 aliphatic rings.